The fraction of sp³-hybridized carbons (Fsp3) is 0.562. The Bertz CT molecular complexity index is 1250. The molecule has 0 aromatic heterocycles. The zero-order valence-corrected chi connectivity index (χ0v) is 25.5. The van der Waals surface area contributed by atoms with Gasteiger partial charge in [0.15, 0.2) is 0 Å². The third-order valence-corrected chi connectivity index (χ3v) is 9.43. The van der Waals surface area contributed by atoms with E-state index in [4.69, 9.17) is 32.7 Å². The molecule has 1 N–H and O–H groups in total. The Balaban J connectivity index is 1.65. The van der Waals surface area contributed by atoms with Crippen LogP contribution in [0.4, 0.5) is 4.79 Å². The van der Waals surface area contributed by atoms with Crippen molar-refractivity contribution in [2.75, 3.05) is 13.2 Å². The number of carbonyl (C=O) groups is 2. The molecule has 1 saturated carbocycles. The summed E-state index contributed by atoms with van der Waals surface area (Å²) in [5.41, 5.74) is 1.61. The van der Waals surface area contributed by atoms with Gasteiger partial charge in [-0.2, -0.15) is 0 Å². The minimum Gasteiger partial charge on any atom is -0.443 e. The van der Waals surface area contributed by atoms with E-state index in [9.17, 15) is 9.59 Å². The van der Waals surface area contributed by atoms with E-state index in [2.05, 4.69) is 29.6 Å². The molecule has 5 rings (SSSR count). The van der Waals surface area contributed by atoms with Crippen molar-refractivity contribution in [1.82, 2.24) is 10.2 Å². The van der Waals surface area contributed by atoms with Crippen molar-refractivity contribution >= 4 is 35.2 Å². The number of aryl methyl sites for hydroxylation is 1. The summed E-state index contributed by atoms with van der Waals surface area (Å²) in [6.07, 6.45) is 2.38. The maximum absolute atomic E-state index is 14.5. The first kappa shape index (κ1) is 29.4. The fourth-order valence-corrected chi connectivity index (χ4v) is 7.71. The summed E-state index contributed by atoms with van der Waals surface area (Å²) in [6, 6.07) is 13.9. The molecule has 216 valence electrons. The van der Waals surface area contributed by atoms with Crippen LogP contribution in [-0.2, 0) is 14.3 Å². The number of hydrogen-bond donors (Lipinski definition) is 1. The first-order valence-electron chi connectivity index (χ1n) is 14.3. The van der Waals surface area contributed by atoms with Crippen molar-refractivity contribution in [2.45, 2.75) is 95.4 Å². The van der Waals surface area contributed by atoms with Gasteiger partial charge in [-0.3, -0.25) is 4.79 Å². The highest BCUT2D eigenvalue weighted by atomic mass is 35.5. The van der Waals surface area contributed by atoms with Gasteiger partial charge in [0, 0.05) is 41.3 Å². The second-order valence-electron chi connectivity index (χ2n) is 12.7. The second-order valence-corrected chi connectivity index (χ2v) is 13.5. The van der Waals surface area contributed by atoms with E-state index in [1.165, 1.54) is 4.90 Å². The number of likely N-dealkylation sites (tertiary alicyclic amines) is 1. The Morgan fingerprint density at radius 1 is 1.07 bits per heavy atom. The lowest BCUT2D eigenvalue weighted by molar-refractivity contribution is -0.135. The molecular weight excluding hydrogens is 547 g/mol. The fourth-order valence-electron chi connectivity index (χ4n) is 7.21. The zero-order chi connectivity index (χ0) is 28.8. The monoisotopic (exact) mass is 586 g/mol. The number of nitrogens with zero attached hydrogens (tertiary/aromatic N) is 1. The van der Waals surface area contributed by atoms with Crippen molar-refractivity contribution in [3.63, 3.8) is 0 Å². The number of amides is 2. The van der Waals surface area contributed by atoms with E-state index in [-0.39, 0.29) is 29.7 Å². The highest BCUT2D eigenvalue weighted by Gasteiger charge is 2.65. The quantitative estimate of drug-likeness (QED) is 0.408. The van der Waals surface area contributed by atoms with Crippen LogP contribution < -0.4 is 5.32 Å². The minimum absolute atomic E-state index is 0.0535. The molecule has 3 fully saturated rings. The van der Waals surface area contributed by atoms with Gasteiger partial charge in [-0.25, -0.2) is 9.69 Å². The van der Waals surface area contributed by atoms with Gasteiger partial charge < -0.3 is 14.8 Å². The van der Waals surface area contributed by atoms with Crippen molar-refractivity contribution in [2.24, 2.45) is 5.92 Å². The summed E-state index contributed by atoms with van der Waals surface area (Å²) in [4.78, 5) is 29.5. The van der Waals surface area contributed by atoms with Crippen LogP contribution in [0, 0.1) is 12.8 Å². The van der Waals surface area contributed by atoms with E-state index < -0.39 is 23.3 Å². The summed E-state index contributed by atoms with van der Waals surface area (Å²) in [7, 11) is 0. The number of carbonyl (C=O) groups excluding carboxylic acids is 2. The van der Waals surface area contributed by atoms with Gasteiger partial charge in [-0.15, -0.1) is 0 Å². The average Bonchev–Trinajstić information content (AvgIpc) is 3.10. The smallest absolute Gasteiger partial charge is 0.417 e. The van der Waals surface area contributed by atoms with Crippen molar-refractivity contribution in [3.8, 4) is 0 Å². The minimum atomic E-state index is -0.920. The Labute approximate surface area is 247 Å². The van der Waals surface area contributed by atoms with Crippen molar-refractivity contribution in [3.05, 3.63) is 69.2 Å². The molecule has 0 spiro atoms. The largest absolute Gasteiger partial charge is 0.443 e. The van der Waals surface area contributed by atoms with Crippen LogP contribution in [0.25, 0.3) is 0 Å². The molecule has 2 saturated heterocycles. The molecule has 1 aliphatic carbocycles. The third-order valence-electron chi connectivity index (χ3n) is 8.85. The summed E-state index contributed by atoms with van der Waals surface area (Å²) in [5, 5.41) is 5.22. The number of fused-ring (bicyclic) bond motifs is 1. The first-order valence-corrected chi connectivity index (χ1v) is 15.1. The van der Waals surface area contributed by atoms with Crippen molar-refractivity contribution < 1.29 is 19.1 Å². The van der Waals surface area contributed by atoms with Gasteiger partial charge in [0.05, 0.1) is 0 Å². The van der Waals surface area contributed by atoms with E-state index in [1.807, 2.05) is 52.8 Å². The molecule has 2 aliphatic heterocycles. The van der Waals surface area contributed by atoms with Gasteiger partial charge in [0.1, 0.15) is 11.1 Å². The number of benzene rings is 2. The molecule has 40 heavy (non-hydrogen) atoms. The van der Waals surface area contributed by atoms with Crippen molar-refractivity contribution in [1.29, 1.82) is 0 Å². The molecule has 2 amide bonds. The molecular formula is C32H40Cl2N2O4. The first-order chi connectivity index (χ1) is 18.9. The van der Waals surface area contributed by atoms with Crippen LogP contribution in [0.3, 0.4) is 0 Å². The van der Waals surface area contributed by atoms with E-state index in [0.717, 1.165) is 41.0 Å². The van der Waals surface area contributed by atoms with E-state index in [0.29, 0.717) is 24.7 Å². The zero-order valence-electron chi connectivity index (χ0n) is 24.0. The van der Waals surface area contributed by atoms with Crippen LogP contribution in [-0.4, -0.2) is 53.3 Å². The van der Waals surface area contributed by atoms with Gasteiger partial charge >= 0.3 is 6.09 Å². The summed E-state index contributed by atoms with van der Waals surface area (Å²) >= 11 is 13.2. The van der Waals surface area contributed by atoms with Crippen LogP contribution >= 0.6 is 23.2 Å². The summed E-state index contributed by atoms with van der Waals surface area (Å²) in [6.45, 7) is 10.8. The standard InChI is InChI=1S/C32H40Cl2N2O4/c1-19-6-11-24(26(34)18-19)25-12-15-32(35-23-13-16-39-17-14-23)28(27(25)21-7-9-22(33)10-8-21)20(2)36(29(32)37)30(38)40-31(3,4)5/h6-11,18,20,23,25,27-28,35H,12-17H2,1-5H3/t20-,25+,27+,28+,32+/m1/s1. The number of hydrogen-bond acceptors (Lipinski definition) is 5. The third kappa shape index (κ3) is 5.53. The molecule has 3 aliphatic rings. The number of rotatable bonds is 4. The Hall–Kier alpha value is -2.12. The van der Waals surface area contributed by atoms with E-state index >= 15 is 0 Å². The molecule has 0 bridgehead atoms. The molecule has 2 aromatic rings. The molecule has 0 unspecified atom stereocenters. The molecule has 6 nitrogen and oxygen atoms in total. The van der Waals surface area contributed by atoms with Gasteiger partial charge in [-0.1, -0.05) is 47.5 Å². The van der Waals surface area contributed by atoms with E-state index in [1.54, 1.807) is 0 Å². The molecule has 8 heteroatoms. The lowest BCUT2D eigenvalue weighted by atomic mass is 9.58. The maximum atomic E-state index is 14.5. The van der Waals surface area contributed by atoms with Crippen LogP contribution in [0.15, 0.2) is 42.5 Å². The molecule has 2 heterocycles. The topological polar surface area (TPSA) is 67.9 Å². The normalized spacial score (nSPS) is 29.4. The van der Waals surface area contributed by atoms with Gasteiger partial charge in [-0.05, 0) is 107 Å². The molecule has 0 radical (unpaired) electrons. The van der Waals surface area contributed by atoms with Crippen LogP contribution in [0.1, 0.15) is 81.9 Å². The predicted molar refractivity (Wildman–Crippen MR) is 158 cm³/mol. The average molecular weight is 588 g/mol. The van der Waals surface area contributed by atoms with Crippen LogP contribution in [0.2, 0.25) is 10.0 Å². The molecule has 5 atom stereocenters. The predicted octanol–water partition coefficient (Wildman–Crippen LogP) is 7.25. The SMILES string of the molecule is Cc1ccc([C@@H]2CC[C@@]3(NC4CCOCC4)C(=O)N(C(=O)OC(C)(C)C)[C@H](C)[C@H]3[C@H]2c2ccc(Cl)cc2)c(Cl)c1. The Morgan fingerprint density at radius 3 is 2.38 bits per heavy atom. The summed E-state index contributed by atoms with van der Waals surface area (Å²) in [5.74, 6) is -0.450. The maximum Gasteiger partial charge on any atom is 0.417 e. The van der Waals surface area contributed by atoms with Gasteiger partial charge in [0.25, 0.3) is 5.91 Å². The number of halogens is 2. The second kappa shape index (κ2) is 11.3. The lowest BCUT2D eigenvalue weighted by Gasteiger charge is -2.49. The van der Waals surface area contributed by atoms with Crippen LogP contribution in [0.5, 0.6) is 0 Å². The van der Waals surface area contributed by atoms with Gasteiger partial charge in [0.2, 0.25) is 0 Å². The number of nitrogens with one attached hydrogen (secondary N) is 1. The Morgan fingerprint density at radius 2 is 1.75 bits per heavy atom. The highest BCUT2D eigenvalue weighted by molar-refractivity contribution is 6.31. The lowest BCUT2D eigenvalue weighted by Crippen LogP contribution is -2.63. The number of imide groups is 1. The summed E-state index contributed by atoms with van der Waals surface area (Å²) < 4.78 is 11.4. The Kier molecular flexibility index (Phi) is 8.28. The molecule has 2 aromatic carbocycles. The highest BCUT2D eigenvalue weighted by Crippen LogP contribution is 2.58. The number of ether oxygens (including phenoxy) is 2.